The zero-order valence-corrected chi connectivity index (χ0v) is 16.9. The van der Waals surface area contributed by atoms with Crippen LogP contribution in [0.15, 0.2) is 47.0 Å². The molecule has 0 aliphatic carbocycles. The van der Waals surface area contributed by atoms with Gasteiger partial charge in [-0.15, -0.1) is 0 Å². The number of fused-ring (bicyclic) bond motifs is 1. The zero-order valence-electron chi connectivity index (χ0n) is 16.1. The summed E-state index contributed by atoms with van der Waals surface area (Å²) in [7, 11) is 0. The Morgan fingerprint density at radius 2 is 2.03 bits per heavy atom. The number of nitrogens with zero attached hydrogens (tertiary/aromatic N) is 3. The number of likely N-dealkylation sites (tertiary alicyclic amines) is 1. The second-order valence-corrected chi connectivity index (χ2v) is 7.57. The van der Waals surface area contributed by atoms with Gasteiger partial charge in [-0.3, -0.25) is 4.90 Å². The lowest BCUT2D eigenvalue weighted by Crippen LogP contribution is -2.33. The second-order valence-electron chi connectivity index (χ2n) is 7.13. The van der Waals surface area contributed by atoms with Gasteiger partial charge in [-0.2, -0.15) is 5.26 Å². The van der Waals surface area contributed by atoms with E-state index in [0.29, 0.717) is 33.9 Å². The van der Waals surface area contributed by atoms with E-state index >= 15 is 0 Å². The molecule has 148 valence electrons. The van der Waals surface area contributed by atoms with E-state index in [2.05, 4.69) is 16.1 Å². The van der Waals surface area contributed by atoms with Crippen molar-refractivity contribution in [3.8, 4) is 11.8 Å². The van der Waals surface area contributed by atoms with E-state index in [1.54, 1.807) is 24.3 Å². The molecule has 1 aliphatic rings. The SMILES string of the molecule is N#C/C(=C\c1ccccc1OCCN1CCCCC1)c1noc2ccc(Cl)cc12. The van der Waals surface area contributed by atoms with Gasteiger partial charge in [-0.05, 0) is 56.3 Å². The van der Waals surface area contributed by atoms with Gasteiger partial charge in [-0.1, -0.05) is 41.4 Å². The molecule has 0 radical (unpaired) electrons. The largest absolute Gasteiger partial charge is 0.492 e. The molecule has 0 amide bonds. The summed E-state index contributed by atoms with van der Waals surface area (Å²) in [5.74, 6) is 0.753. The van der Waals surface area contributed by atoms with Gasteiger partial charge in [0, 0.05) is 17.1 Å². The maximum absolute atomic E-state index is 9.74. The number of hydrogen-bond donors (Lipinski definition) is 0. The average molecular weight is 408 g/mol. The summed E-state index contributed by atoms with van der Waals surface area (Å²) in [6.07, 6.45) is 5.64. The Morgan fingerprint density at radius 3 is 2.86 bits per heavy atom. The number of ether oxygens (including phenoxy) is 1. The number of hydrogen-bond acceptors (Lipinski definition) is 5. The van der Waals surface area contributed by atoms with Crippen LogP contribution in [-0.2, 0) is 0 Å². The standard InChI is InChI=1S/C23H22ClN3O2/c24-19-8-9-22-20(15-19)23(26-29-22)18(16-25)14-17-6-2-3-7-21(17)28-13-12-27-10-4-1-5-11-27/h2-3,6-9,14-15H,1,4-5,10-13H2/b18-14+. The molecule has 0 bridgehead atoms. The minimum atomic E-state index is 0.401. The van der Waals surface area contributed by atoms with Crippen molar-refractivity contribution in [2.75, 3.05) is 26.2 Å². The molecule has 2 aromatic carbocycles. The number of para-hydroxylation sites is 1. The molecule has 0 spiro atoms. The number of halogens is 1. The van der Waals surface area contributed by atoms with Gasteiger partial charge < -0.3 is 9.26 Å². The van der Waals surface area contributed by atoms with Crippen molar-refractivity contribution in [1.82, 2.24) is 10.1 Å². The summed E-state index contributed by atoms with van der Waals surface area (Å²) >= 11 is 6.11. The van der Waals surface area contributed by atoms with E-state index in [4.69, 9.17) is 20.9 Å². The molecule has 1 aliphatic heterocycles. The summed E-state index contributed by atoms with van der Waals surface area (Å²) in [4.78, 5) is 2.44. The van der Waals surface area contributed by atoms with Gasteiger partial charge in [0.25, 0.3) is 0 Å². The highest BCUT2D eigenvalue weighted by molar-refractivity contribution is 6.31. The highest BCUT2D eigenvalue weighted by Crippen LogP contribution is 2.30. The maximum atomic E-state index is 9.74. The Labute approximate surface area is 175 Å². The van der Waals surface area contributed by atoms with Crippen molar-refractivity contribution in [3.05, 3.63) is 58.7 Å². The third-order valence-electron chi connectivity index (χ3n) is 5.14. The van der Waals surface area contributed by atoms with Crippen LogP contribution in [0.3, 0.4) is 0 Å². The van der Waals surface area contributed by atoms with E-state index in [0.717, 1.165) is 30.9 Å². The molecule has 6 heteroatoms. The summed E-state index contributed by atoms with van der Waals surface area (Å²) in [5.41, 5.74) is 2.31. The smallest absolute Gasteiger partial charge is 0.167 e. The lowest BCUT2D eigenvalue weighted by atomic mass is 10.1. The van der Waals surface area contributed by atoms with Crippen LogP contribution in [0.1, 0.15) is 30.5 Å². The predicted molar refractivity (Wildman–Crippen MR) is 115 cm³/mol. The van der Waals surface area contributed by atoms with Crippen molar-refractivity contribution >= 4 is 34.2 Å². The molecule has 2 heterocycles. The van der Waals surface area contributed by atoms with E-state index in [1.165, 1.54) is 19.3 Å². The van der Waals surface area contributed by atoms with Crippen LogP contribution in [0.2, 0.25) is 5.02 Å². The minimum Gasteiger partial charge on any atom is -0.492 e. The van der Waals surface area contributed by atoms with Crippen molar-refractivity contribution in [3.63, 3.8) is 0 Å². The lowest BCUT2D eigenvalue weighted by Gasteiger charge is -2.26. The number of allylic oxidation sites excluding steroid dienone is 1. The van der Waals surface area contributed by atoms with E-state index in [1.807, 2.05) is 24.3 Å². The molecular weight excluding hydrogens is 386 g/mol. The molecule has 1 saturated heterocycles. The molecule has 3 aromatic rings. The topological polar surface area (TPSA) is 62.3 Å². The number of benzene rings is 2. The molecule has 1 aromatic heterocycles. The Hall–Kier alpha value is -2.81. The molecule has 4 rings (SSSR count). The maximum Gasteiger partial charge on any atom is 0.167 e. The van der Waals surface area contributed by atoms with Gasteiger partial charge in [0.05, 0.1) is 11.0 Å². The second kappa shape index (κ2) is 9.13. The Balaban J connectivity index is 1.56. The van der Waals surface area contributed by atoms with Crippen LogP contribution < -0.4 is 4.74 Å². The highest BCUT2D eigenvalue weighted by atomic mass is 35.5. The lowest BCUT2D eigenvalue weighted by molar-refractivity contribution is 0.183. The minimum absolute atomic E-state index is 0.401. The Kier molecular flexibility index (Phi) is 6.14. The third kappa shape index (κ3) is 4.61. The van der Waals surface area contributed by atoms with Gasteiger partial charge in [0.1, 0.15) is 24.1 Å². The first-order valence-electron chi connectivity index (χ1n) is 9.86. The molecule has 0 atom stereocenters. The Morgan fingerprint density at radius 1 is 1.21 bits per heavy atom. The monoisotopic (exact) mass is 407 g/mol. The number of rotatable bonds is 6. The normalized spacial score (nSPS) is 15.4. The van der Waals surface area contributed by atoms with Gasteiger partial charge in [0.2, 0.25) is 0 Å². The zero-order chi connectivity index (χ0) is 20.1. The quantitative estimate of drug-likeness (QED) is 0.511. The van der Waals surface area contributed by atoms with Crippen molar-refractivity contribution in [1.29, 1.82) is 5.26 Å². The van der Waals surface area contributed by atoms with Crippen molar-refractivity contribution in [2.45, 2.75) is 19.3 Å². The fourth-order valence-electron chi connectivity index (χ4n) is 3.61. The van der Waals surface area contributed by atoms with Crippen molar-refractivity contribution in [2.24, 2.45) is 0 Å². The summed E-state index contributed by atoms with van der Waals surface area (Å²) < 4.78 is 11.4. The number of piperidine rings is 1. The van der Waals surface area contributed by atoms with Crippen LogP contribution >= 0.6 is 11.6 Å². The molecule has 1 fully saturated rings. The molecule has 0 saturated carbocycles. The summed E-state index contributed by atoms with van der Waals surface area (Å²) in [5, 5.41) is 15.1. The van der Waals surface area contributed by atoms with E-state index < -0.39 is 0 Å². The fraction of sp³-hybridized carbons (Fsp3) is 0.304. The average Bonchev–Trinajstić information content (AvgIpc) is 3.16. The van der Waals surface area contributed by atoms with Crippen LogP contribution in [-0.4, -0.2) is 36.3 Å². The van der Waals surface area contributed by atoms with Crippen LogP contribution in [0.4, 0.5) is 0 Å². The summed E-state index contributed by atoms with van der Waals surface area (Å²) in [6, 6.07) is 15.2. The van der Waals surface area contributed by atoms with Crippen LogP contribution in [0, 0.1) is 11.3 Å². The van der Waals surface area contributed by atoms with E-state index in [-0.39, 0.29) is 0 Å². The third-order valence-corrected chi connectivity index (χ3v) is 5.38. The summed E-state index contributed by atoms with van der Waals surface area (Å²) in [6.45, 7) is 3.82. The number of nitriles is 1. The molecular formula is C23H22ClN3O2. The fourth-order valence-corrected chi connectivity index (χ4v) is 3.79. The molecule has 0 unspecified atom stereocenters. The van der Waals surface area contributed by atoms with Gasteiger partial charge in [0.15, 0.2) is 5.58 Å². The molecule has 29 heavy (non-hydrogen) atoms. The van der Waals surface area contributed by atoms with Gasteiger partial charge in [-0.25, -0.2) is 0 Å². The van der Waals surface area contributed by atoms with Gasteiger partial charge >= 0.3 is 0 Å². The highest BCUT2D eigenvalue weighted by Gasteiger charge is 2.15. The first-order chi connectivity index (χ1) is 14.2. The predicted octanol–water partition coefficient (Wildman–Crippen LogP) is 5.41. The van der Waals surface area contributed by atoms with Crippen LogP contribution in [0.5, 0.6) is 5.75 Å². The first-order valence-corrected chi connectivity index (χ1v) is 10.2. The van der Waals surface area contributed by atoms with Crippen LogP contribution in [0.25, 0.3) is 22.6 Å². The van der Waals surface area contributed by atoms with E-state index in [9.17, 15) is 5.26 Å². The first kappa shape index (κ1) is 19.5. The van der Waals surface area contributed by atoms with Crippen molar-refractivity contribution < 1.29 is 9.26 Å². The molecule has 0 N–H and O–H groups in total. The Bertz CT molecular complexity index is 1060. The molecule has 5 nitrogen and oxygen atoms in total. The number of aromatic nitrogens is 1.